The minimum atomic E-state index is -1.91. The second-order valence-corrected chi connectivity index (χ2v) is 27.1. The fraction of sp³-hybridized carbons (Fsp3) is 0.143. The van der Waals surface area contributed by atoms with Gasteiger partial charge in [0.2, 0.25) is 0 Å². The number of aromatic nitrogens is 4. The Morgan fingerprint density at radius 3 is 2.13 bits per heavy atom. The van der Waals surface area contributed by atoms with Crippen molar-refractivity contribution in [1.82, 2.24) is 14.1 Å². The number of para-hydroxylation sites is 2. The molecule has 0 amide bonds. The van der Waals surface area contributed by atoms with Crippen LogP contribution in [0, 0.1) is 6.33 Å². The number of hydrogen-bond acceptors (Lipinski definition) is 2. The fourth-order valence-corrected chi connectivity index (χ4v) is 9.95. The average Bonchev–Trinajstić information content (AvgIpc) is 3.73. The molecule has 0 aliphatic rings. The molecule has 0 fully saturated rings. The Hall–Kier alpha value is -5.92. The van der Waals surface area contributed by atoms with Gasteiger partial charge >= 0.3 is 181 Å². The summed E-state index contributed by atoms with van der Waals surface area (Å²) in [5.74, 6) is 9.71. The average molecular weight is 778 g/mol. The molecule has 9 aromatic rings. The third-order valence-corrected chi connectivity index (χ3v) is 14.9. The molecule has 6 aromatic carbocycles. The molecule has 0 spiro atoms. The predicted molar refractivity (Wildman–Crippen MR) is 229 cm³/mol. The number of hydrogen-bond donors (Lipinski definition) is 0. The van der Waals surface area contributed by atoms with Crippen molar-refractivity contribution in [3.05, 3.63) is 170 Å². The van der Waals surface area contributed by atoms with E-state index in [0.29, 0.717) is 0 Å². The zero-order valence-electron chi connectivity index (χ0n) is 32.2. The topological polar surface area (TPSA) is 35.9 Å². The second kappa shape index (κ2) is 13.4. The Balaban J connectivity index is 1.11. The van der Waals surface area contributed by atoms with Crippen LogP contribution in [0.25, 0.3) is 61.2 Å². The molecule has 0 bridgehead atoms. The van der Waals surface area contributed by atoms with E-state index in [0.717, 1.165) is 56.1 Å². The molecule has 5 nitrogen and oxygen atoms in total. The van der Waals surface area contributed by atoms with E-state index in [2.05, 4.69) is 192 Å². The van der Waals surface area contributed by atoms with Gasteiger partial charge in [0.1, 0.15) is 11.6 Å². The second-order valence-electron chi connectivity index (χ2n) is 16.4. The number of benzene rings is 6. The van der Waals surface area contributed by atoms with Gasteiger partial charge in [0.05, 0.1) is 11.0 Å². The quantitative estimate of drug-likeness (QED) is 0.0918. The Morgan fingerprint density at radius 2 is 1.35 bits per heavy atom. The summed E-state index contributed by atoms with van der Waals surface area (Å²) in [7, 11) is 0. The molecule has 6 heteroatoms. The number of imidazole rings is 1. The molecule has 9 rings (SSSR count). The van der Waals surface area contributed by atoms with Crippen molar-refractivity contribution >= 4 is 50.5 Å². The van der Waals surface area contributed by atoms with Crippen molar-refractivity contribution in [2.45, 2.75) is 43.5 Å². The SMILES string of the molecule is CC(C)(C)c1ccnc(-n2c3ccccc3c3ccc(Oc4cccc(-n5[c-][n+](-c6ccccc6)c6cc(-c7cc[c]([Ge]([CH3])([CH3])[CH3])cc7)ccc65)c4)cc32)c1. The molecule has 0 unspecified atom stereocenters. The van der Waals surface area contributed by atoms with E-state index in [1.54, 1.807) is 0 Å². The molecule has 3 heterocycles. The summed E-state index contributed by atoms with van der Waals surface area (Å²) in [5, 5.41) is 2.34. The van der Waals surface area contributed by atoms with E-state index < -0.39 is 13.3 Å². The zero-order chi connectivity index (χ0) is 37.9. The van der Waals surface area contributed by atoms with Crippen molar-refractivity contribution < 1.29 is 9.30 Å². The van der Waals surface area contributed by atoms with E-state index in [9.17, 15) is 0 Å². The summed E-state index contributed by atoms with van der Waals surface area (Å²) < 4.78 is 14.7. The standard InChI is InChI=1S/C49H44GeN4O/c1-49(2,3)36-27-28-51-48(30-36)54-44-18-11-10-17-42(44)43-25-24-41(32-46(43)54)55-40-16-12-15-39(31-40)53-33-52(38-13-8-7-9-14-38)47-29-35(21-26-45(47)53)34-19-22-37(23-20-34)50(4,5)6/h7-32H,1-6H3. The number of nitrogens with zero attached hydrogens (tertiary/aromatic N) is 4. The molecule has 3 aromatic heterocycles. The smallest absolute Gasteiger partial charge is 0.0149 e. The largest absolute Gasteiger partial charge is 0.0592 e. The summed E-state index contributed by atoms with van der Waals surface area (Å²) in [6, 6.07) is 53.8. The van der Waals surface area contributed by atoms with E-state index in [4.69, 9.17) is 9.72 Å². The van der Waals surface area contributed by atoms with Gasteiger partial charge in [0.25, 0.3) is 0 Å². The van der Waals surface area contributed by atoms with Crippen LogP contribution in [0.3, 0.4) is 0 Å². The number of pyridine rings is 1. The van der Waals surface area contributed by atoms with Crippen molar-refractivity contribution in [3.63, 3.8) is 0 Å². The molecule has 0 N–H and O–H groups in total. The molecule has 0 saturated carbocycles. The Bertz CT molecular complexity index is 2860. The van der Waals surface area contributed by atoms with E-state index >= 15 is 0 Å². The van der Waals surface area contributed by atoms with Crippen LogP contribution in [0.2, 0.25) is 17.3 Å². The first-order valence-corrected chi connectivity index (χ1v) is 26.3. The minimum absolute atomic E-state index is 0.000791. The maximum Gasteiger partial charge on any atom is 0.0592 e. The van der Waals surface area contributed by atoms with Crippen molar-refractivity contribution in [2.24, 2.45) is 0 Å². The summed E-state index contributed by atoms with van der Waals surface area (Å²) in [6.45, 7) is 6.71. The summed E-state index contributed by atoms with van der Waals surface area (Å²) >= 11 is -1.91. The maximum atomic E-state index is 6.66. The molecule has 0 saturated heterocycles. The first-order chi connectivity index (χ1) is 26.5. The normalized spacial score (nSPS) is 12.2. The van der Waals surface area contributed by atoms with Gasteiger partial charge in [-0.05, 0) is 47.4 Å². The summed E-state index contributed by atoms with van der Waals surface area (Å²) in [4.78, 5) is 4.85. The number of rotatable bonds is 7. The third-order valence-electron chi connectivity index (χ3n) is 10.6. The van der Waals surface area contributed by atoms with E-state index in [1.807, 2.05) is 24.4 Å². The fourth-order valence-electron chi connectivity index (χ4n) is 7.50. The van der Waals surface area contributed by atoms with Crippen LogP contribution in [0.4, 0.5) is 0 Å². The first kappa shape index (κ1) is 34.8. The minimum Gasteiger partial charge on any atom is -0.0149 e. The number of ether oxygens (including phenoxy) is 1. The monoisotopic (exact) mass is 778 g/mol. The molecule has 0 aliphatic heterocycles. The predicted octanol–water partition coefficient (Wildman–Crippen LogP) is 11.5. The Kier molecular flexibility index (Phi) is 8.50. The Labute approximate surface area is 325 Å². The van der Waals surface area contributed by atoms with Gasteiger partial charge in [0.15, 0.2) is 0 Å². The van der Waals surface area contributed by atoms with Gasteiger partial charge in [-0.1, -0.05) is 39.0 Å². The van der Waals surface area contributed by atoms with Gasteiger partial charge < -0.3 is 4.74 Å². The molecule has 0 atom stereocenters. The maximum absolute atomic E-state index is 6.66. The van der Waals surface area contributed by atoms with Crippen molar-refractivity contribution in [3.8, 4) is 39.8 Å². The molecule has 0 aliphatic carbocycles. The molecular weight excluding hydrogens is 733 g/mol. The van der Waals surface area contributed by atoms with Crippen LogP contribution in [-0.2, 0) is 5.41 Å². The van der Waals surface area contributed by atoms with Crippen LogP contribution < -0.4 is 13.7 Å². The molecule has 0 radical (unpaired) electrons. The molecular formula is C49H44GeN4O. The van der Waals surface area contributed by atoms with Crippen LogP contribution in [0.1, 0.15) is 26.3 Å². The van der Waals surface area contributed by atoms with Crippen LogP contribution in [-0.4, -0.2) is 27.4 Å². The summed E-state index contributed by atoms with van der Waals surface area (Å²) in [5.41, 5.74) is 9.96. The number of fused-ring (bicyclic) bond motifs is 4. The van der Waals surface area contributed by atoms with Gasteiger partial charge in [0, 0.05) is 23.0 Å². The summed E-state index contributed by atoms with van der Waals surface area (Å²) in [6.07, 6.45) is 5.59. The van der Waals surface area contributed by atoms with Crippen LogP contribution in [0.15, 0.2) is 158 Å². The van der Waals surface area contributed by atoms with Gasteiger partial charge in [-0.25, -0.2) is 4.98 Å². The van der Waals surface area contributed by atoms with Crippen molar-refractivity contribution in [2.75, 3.05) is 0 Å². The van der Waals surface area contributed by atoms with Crippen LogP contribution in [0.5, 0.6) is 11.5 Å². The Morgan fingerprint density at radius 1 is 0.618 bits per heavy atom. The van der Waals surface area contributed by atoms with Gasteiger partial charge in [-0.3, -0.25) is 4.57 Å². The third kappa shape index (κ3) is 6.53. The van der Waals surface area contributed by atoms with E-state index in [-0.39, 0.29) is 5.41 Å². The van der Waals surface area contributed by atoms with E-state index in [1.165, 1.54) is 26.5 Å². The molecule has 270 valence electrons. The van der Waals surface area contributed by atoms with Gasteiger partial charge in [-0.15, -0.1) is 0 Å². The zero-order valence-corrected chi connectivity index (χ0v) is 34.3. The molecule has 55 heavy (non-hydrogen) atoms. The van der Waals surface area contributed by atoms with Gasteiger partial charge in [-0.2, -0.15) is 0 Å². The van der Waals surface area contributed by atoms with Crippen molar-refractivity contribution in [1.29, 1.82) is 0 Å². The van der Waals surface area contributed by atoms with Crippen LogP contribution >= 0.6 is 0 Å². The first-order valence-electron chi connectivity index (χ1n) is 19.0.